The third-order valence-electron chi connectivity index (χ3n) is 7.09. The molecule has 7 rings (SSSR count). The molecule has 1 saturated heterocycles. The molecule has 9 heteroatoms. The number of hydrogen-bond donors (Lipinski definition) is 2. The molecule has 1 aliphatic rings. The molecular weight excluding hydrogens is 484 g/mol. The molecule has 6 aromatic rings. The van der Waals surface area contributed by atoms with Crippen LogP contribution in [0.25, 0.3) is 55.6 Å². The molecule has 0 aliphatic carbocycles. The van der Waals surface area contributed by atoms with Gasteiger partial charge in [-0.2, -0.15) is 5.10 Å². The number of hydrogen-bond acceptors (Lipinski definition) is 5. The van der Waals surface area contributed by atoms with Crippen LogP contribution in [0.15, 0.2) is 79.5 Å². The van der Waals surface area contributed by atoms with Gasteiger partial charge in [0.2, 0.25) is 0 Å². The molecule has 0 amide bonds. The summed E-state index contributed by atoms with van der Waals surface area (Å²) in [6.45, 7) is 0.615. The molecule has 38 heavy (non-hydrogen) atoms. The zero-order valence-corrected chi connectivity index (χ0v) is 20.3. The molecule has 1 fully saturated rings. The van der Waals surface area contributed by atoms with Crippen molar-refractivity contribution in [3.05, 3.63) is 85.1 Å². The predicted molar refractivity (Wildman–Crippen MR) is 142 cm³/mol. The summed E-state index contributed by atoms with van der Waals surface area (Å²) in [7, 11) is 0. The fourth-order valence-corrected chi connectivity index (χ4v) is 5.26. The highest BCUT2D eigenvalue weighted by Crippen LogP contribution is 2.35. The molecular formula is C29H23F2N7. The molecule has 5 aromatic heterocycles. The zero-order valence-electron chi connectivity index (χ0n) is 20.3. The molecule has 1 aliphatic heterocycles. The van der Waals surface area contributed by atoms with Crippen LogP contribution in [-0.2, 0) is 6.54 Å². The summed E-state index contributed by atoms with van der Waals surface area (Å²) in [4.78, 5) is 18.5. The van der Waals surface area contributed by atoms with Crippen LogP contribution in [0.3, 0.4) is 0 Å². The number of aromatic amines is 2. The first-order chi connectivity index (χ1) is 18.5. The van der Waals surface area contributed by atoms with Gasteiger partial charge in [0.05, 0.1) is 12.2 Å². The molecule has 0 atom stereocenters. The number of benzene rings is 1. The summed E-state index contributed by atoms with van der Waals surface area (Å²) in [5.41, 5.74) is 8.13. The average molecular weight is 508 g/mol. The average Bonchev–Trinajstić information content (AvgIpc) is 3.64. The van der Waals surface area contributed by atoms with Crippen LogP contribution in [0.1, 0.15) is 12.0 Å². The van der Waals surface area contributed by atoms with Crippen molar-refractivity contribution in [3.63, 3.8) is 0 Å². The Morgan fingerprint density at radius 3 is 2.63 bits per heavy atom. The molecule has 0 spiro atoms. The van der Waals surface area contributed by atoms with Crippen LogP contribution in [0, 0.1) is 0 Å². The summed E-state index contributed by atoms with van der Waals surface area (Å²) in [6, 6.07) is 16.3. The summed E-state index contributed by atoms with van der Waals surface area (Å²) in [6.07, 6.45) is 8.82. The minimum Gasteiger partial charge on any atom is -0.353 e. The summed E-state index contributed by atoms with van der Waals surface area (Å²) < 4.78 is 27.3. The maximum absolute atomic E-state index is 13.6. The molecule has 0 unspecified atom stereocenters. The van der Waals surface area contributed by atoms with Crippen LogP contribution in [-0.4, -0.2) is 54.0 Å². The van der Waals surface area contributed by atoms with E-state index in [-0.39, 0.29) is 13.0 Å². The number of likely N-dealkylation sites (tertiary alicyclic amines) is 1. The van der Waals surface area contributed by atoms with Crippen molar-refractivity contribution in [3.8, 4) is 33.6 Å². The second kappa shape index (κ2) is 8.81. The number of alkyl halides is 2. The molecule has 2 N–H and O–H groups in total. The molecule has 7 nitrogen and oxygen atoms in total. The molecule has 0 bridgehead atoms. The van der Waals surface area contributed by atoms with E-state index >= 15 is 0 Å². The standard InChI is InChI=1S/C29H23F2N7/c30-29(31)6-8-38(17-29)16-18-9-20(14-33-12-18)21-10-24-27(36-37-28(24)34-15-21)26-11-23-22(4-1-5-25(23)35-26)19-3-2-7-32-13-19/h1-5,7,9-15,35H,6,8,16-17H2,(H,34,36,37). The van der Waals surface area contributed by atoms with Crippen molar-refractivity contribution < 1.29 is 8.78 Å². The van der Waals surface area contributed by atoms with Gasteiger partial charge in [0.25, 0.3) is 5.92 Å². The van der Waals surface area contributed by atoms with Crippen molar-refractivity contribution in [2.24, 2.45) is 0 Å². The van der Waals surface area contributed by atoms with Crippen molar-refractivity contribution in [1.82, 2.24) is 35.0 Å². The summed E-state index contributed by atoms with van der Waals surface area (Å²) in [5.74, 6) is -2.61. The topological polar surface area (TPSA) is 86.4 Å². The number of nitrogens with one attached hydrogen (secondary N) is 2. The fourth-order valence-electron chi connectivity index (χ4n) is 5.26. The first kappa shape index (κ1) is 22.7. The number of fused-ring (bicyclic) bond motifs is 2. The third kappa shape index (κ3) is 4.10. The smallest absolute Gasteiger partial charge is 0.261 e. The monoisotopic (exact) mass is 507 g/mol. The highest BCUT2D eigenvalue weighted by molar-refractivity contribution is 6.01. The van der Waals surface area contributed by atoms with Crippen molar-refractivity contribution in [1.29, 1.82) is 0 Å². The highest BCUT2D eigenvalue weighted by atomic mass is 19.3. The number of halogens is 2. The fraction of sp³-hybridized carbons (Fsp3) is 0.172. The highest BCUT2D eigenvalue weighted by Gasteiger charge is 2.37. The Hall–Kier alpha value is -4.50. The van der Waals surface area contributed by atoms with Gasteiger partial charge in [-0.15, -0.1) is 0 Å². The van der Waals surface area contributed by atoms with Gasteiger partial charge in [0.1, 0.15) is 5.69 Å². The second-order valence-electron chi connectivity index (χ2n) is 9.78. The van der Waals surface area contributed by atoms with Gasteiger partial charge in [0.15, 0.2) is 5.65 Å². The van der Waals surface area contributed by atoms with Crippen LogP contribution < -0.4 is 0 Å². The number of aromatic nitrogens is 6. The van der Waals surface area contributed by atoms with E-state index in [1.807, 2.05) is 42.6 Å². The van der Waals surface area contributed by atoms with Gasteiger partial charge in [0, 0.05) is 83.5 Å². The lowest BCUT2D eigenvalue weighted by Gasteiger charge is -2.15. The lowest BCUT2D eigenvalue weighted by molar-refractivity contribution is 0.0115. The second-order valence-corrected chi connectivity index (χ2v) is 9.78. The lowest BCUT2D eigenvalue weighted by atomic mass is 10.0. The Balaban J connectivity index is 1.24. The van der Waals surface area contributed by atoms with Gasteiger partial charge in [-0.1, -0.05) is 18.2 Å². The number of rotatable bonds is 5. The minimum absolute atomic E-state index is 0.0958. The zero-order chi connectivity index (χ0) is 25.7. The van der Waals surface area contributed by atoms with E-state index in [0.29, 0.717) is 18.7 Å². The van der Waals surface area contributed by atoms with E-state index in [9.17, 15) is 8.78 Å². The minimum atomic E-state index is -2.61. The van der Waals surface area contributed by atoms with Gasteiger partial charge in [-0.3, -0.25) is 20.0 Å². The normalized spacial score (nSPS) is 15.5. The molecule has 1 aromatic carbocycles. The maximum atomic E-state index is 13.6. The summed E-state index contributed by atoms with van der Waals surface area (Å²) >= 11 is 0. The SMILES string of the molecule is FC1(F)CCN(Cc2cncc(-c3cnc4[nH]nc(-c5cc6c(-c7cccnc7)cccc6[nH]5)c4c3)c2)C1. The lowest BCUT2D eigenvalue weighted by Crippen LogP contribution is -2.24. The molecule has 0 radical (unpaired) electrons. The number of nitrogens with zero attached hydrogens (tertiary/aromatic N) is 5. The van der Waals surface area contributed by atoms with E-state index in [4.69, 9.17) is 0 Å². The van der Waals surface area contributed by atoms with Gasteiger partial charge in [-0.25, -0.2) is 13.8 Å². The summed E-state index contributed by atoms with van der Waals surface area (Å²) in [5, 5.41) is 9.57. The van der Waals surface area contributed by atoms with Crippen molar-refractivity contribution in [2.45, 2.75) is 18.9 Å². The molecule has 188 valence electrons. The first-order valence-electron chi connectivity index (χ1n) is 12.4. The Morgan fingerprint density at radius 1 is 0.895 bits per heavy atom. The van der Waals surface area contributed by atoms with Crippen LogP contribution in [0.5, 0.6) is 0 Å². The van der Waals surface area contributed by atoms with Crippen molar-refractivity contribution in [2.75, 3.05) is 13.1 Å². The quantitative estimate of drug-likeness (QED) is 0.296. The van der Waals surface area contributed by atoms with E-state index in [1.165, 1.54) is 0 Å². The maximum Gasteiger partial charge on any atom is 0.261 e. The predicted octanol–water partition coefficient (Wildman–Crippen LogP) is 6.07. The Bertz CT molecular complexity index is 1770. The van der Waals surface area contributed by atoms with E-state index < -0.39 is 5.92 Å². The van der Waals surface area contributed by atoms with E-state index in [2.05, 4.69) is 42.3 Å². The first-order valence-corrected chi connectivity index (χ1v) is 12.4. The number of H-pyrrole nitrogens is 2. The number of pyridine rings is 3. The van der Waals surface area contributed by atoms with E-state index in [0.717, 1.165) is 55.5 Å². The molecule has 0 saturated carbocycles. The Kier molecular flexibility index (Phi) is 5.26. The Morgan fingerprint density at radius 2 is 1.79 bits per heavy atom. The van der Waals surface area contributed by atoms with Crippen LogP contribution in [0.2, 0.25) is 0 Å². The van der Waals surface area contributed by atoms with Crippen molar-refractivity contribution >= 4 is 21.9 Å². The van der Waals surface area contributed by atoms with Crippen LogP contribution >= 0.6 is 0 Å². The van der Waals surface area contributed by atoms with Gasteiger partial charge in [-0.05, 0) is 41.5 Å². The van der Waals surface area contributed by atoms with Gasteiger partial charge >= 0.3 is 0 Å². The van der Waals surface area contributed by atoms with E-state index in [1.54, 1.807) is 29.7 Å². The Labute approximate surface area is 216 Å². The van der Waals surface area contributed by atoms with Crippen LogP contribution in [0.4, 0.5) is 8.78 Å². The van der Waals surface area contributed by atoms with Gasteiger partial charge < -0.3 is 4.98 Å². The largest absolute Gasteiger partial charge is 0.353 e. The third-order valence-corrected chi connectivity index (χ3v) is 7.09. The molecule has 6 heterocycles.